The number of hydrogen-bond donors (Lipinski definition) is 7. The van der Waals surface area contributed by atoms with Crippen molar-refractivity contribution in [1.82, 2.24) is 16.0 Å². The molecule has 4 atom stereocenters. The molecule has 1 rings (SSSR count). The first-order chi connectivity index (χ1) is 15.8. The maximum Gasteiger partial charge on any atom is 0.326 e. The van der Waals surface area contributed by atoms with Crippen molar-refractivity contribution in [2.45, 2.75) is 64.2 Å². The van der Waals surface area contributed by atoms with Crippen molar-refractivity contribution in [2.24, 2.45) is 17.4 Å². The van der Waals surface area contributed by atoms with Gasteiger partial charge < -0.3 is 37.6 Å². The minimum absolute atomic E-state index is 0.00412. The highest BCUT2D eigenvalue weighted by molar-refractivity contribution is 5.94. The zero-order chi connectivity index (χ0) is 26.0. The molecule has 12 nitrogen and oxygen atoms in total. The van der Waals surface area contributed by atoms with Gasteiger partial charge in [-0.2, -0.15) is 0 Å². The highest BCUT2D eigenvalue weighted by Crippen LogP contribution is 2.12. The number of rotatable bonds is 13. The summed E-state index contributed by atoms with van der Waals surface area (Å²) in [6.45, 7) is 4.89. The third kappa shape index (κ3) is 9.45. The molecule has 0 radical (unpaired) electrons. The van der Waals surface area contributed by atoms with Gasteiger partial charge >= 0.3 is 5.97 Å². The van der Waals surface area contributed by atoms with E-state index in [2.05, 4.69) is 16.0 Å². The molecule has 0 spiro atoms. The van der Waals surface area contributed by atoms with Crippen molar-refractivity contribution in [1.29, 1.82) is 0 Å². The van der Waals surface area contributed by atoms with Crippen LogP contribution in [0.5, 0.6) is 5.75 Å². The predicted molar refractivity (Wildman–Crippen MR) is 122 cm³/mol. The molecular formula is C22H33N5O7. The zero-order valence-electron chi connectivity index (χ0n) is 19.4. The van der Waals surface area contributed by atoms with Crippen molar-refractivity contribution < 1.29 is 34.2 Å². The second kappa shape index (κ2) is 13.1. The molecule has 0 bridgehead atoms. The van der Waals surface area contributed by atoms with Gasteiger partial charge in [0.2, 0.25) is 23.6 Å². The molecule has 1 aromatic carbocycles. The standard InChI is InChI=1S/C22H33N5O7/c1-11(2)18(24)21(32)25-12(3)19(30)26-15(8-9-17(23)29)20(31)27-16(22(33)34)10-13-4-6-14(28)7-5-13/h4-7,11-12,15-16,18,28H,8-10,24H2,1-3H3,(H2,23,29)(H,25,32)(H,26,30)(H,27,31)(H,33,34). The van der Waals surface area contributed by atoms with Gasteiger partial charge in [-0.05, 0) is 37.0 Å². The molecule has 34 heavy (non-hydrogen) atoms. The van der Waals surface area contributed by atoms with E-state index in [4.69, 9.17) is 11.5 Å². The molecule has 0 saturated heterocycles. The van der Waals surface area contributed by atoms with E-state index < -0.39 is 53.8 Å². The lowest BCUT2D eigenvalue weighted by Crippen LogP contribution is -2.57. The Morgan fingerprint density at radius 3 is 1.94 bits per heavy atom. The van der Waals surface area contributed by atoms with E-state index in [9.17, 15) is 34.2 Å². The van der Waals surface area contributed by atoms with Crippen molar-refractivity contribution in [3.63, 3.8) is 0 Å². The molecule has 0 fully saturated rings. The lowest BCUT2D eigenvalue weighted by molar-refractivity contribution is -0.142. The normalized spacial score (nSPS) is 14.4. The van der Waals surface area contributed by atoms with E-state index in [1.165, 1.54) is 31.2 Å². The van der Waals surface area contributed by atoms with Crippen LogP contribution < -0.4 is 27.4 Å². The van der Waals surface area contributed by atoms with Crippen LogP contribution in [0.25, 0.3) is 0 Å². The van der Waals surface area contributed by atoms with Gasteiger partial charge in [0.15, 0.2) is 0 Å². The van der Waals surface area contributed by atoms with E-state index in [-0.39, 0.29) is 30.9 Å². The maximum atomic E-state index is 12.8. The summed E-state index contributed by atoms with van der Waals surface area (Å²) in [5.74, 6) is -4.29. The van der Waals surface area contributed by atoms with Crippen LogP contribution in [0.2, 0.25) is 0 Å². The van der Waals surface area contributed by atoms with Crippen LogP contribution >= 0.6 is 0 Å². The van der Waals surface area contributed by atoms with Gasteiger partial charge in [-0.3, -0.25) is 19.2 Å². The second-order valence-electron chi connectivity index (χ2n) is 8.34. The molecular weight excluding hydrogens is 446 g/mol. The van der Waals surface area contributed by atoms with E-state index in [0.29, 0.717) is 5.56 Å². The third-order valence-corrected chi connectivity index (χ3v) is 5.08. The minimum atomic E-state index is -1.34. The van der Waals surface area contributed by atoms with E-state index in [0.717, 1.165) is 0 Å². The van der Waals surface area contributed by atoms with Crippen molar-refractivity contribution in [3.8, 4) is 5.75 Å². The Kier molecular flexibility index (Phi) is 11.0. The maximum absolute atomic E-state index is 12.8. The topological polar surface area (TPSA) is 214 Å². The van der Waals surface area contributed by atoms with E-state index >= 15 is 0 Å². The number of phenolic OH excluding ortho intramolecular Hbond substituents is 1. The van der Waals surface area contributed by atoms with Crippen LogP contribution in [0, 0.1) is 5.92 Å². The van der Waals surface area contributed by atoms with Gasteiger partial charge in [-0.15, -0.1) is 0 Å². The SMILES string of the molecule is CC(NC(=O)C(N)C(C)C)C(=O)NC(CCC(N)=O)C(=O)NC(Cc1ccc(O)cc1)C(=O)O. The fraction of sp³-hybridized carbons (Fsp3) is 0.500. The van der Waals surface area contributed by atoms with E-state index in [1.807, 2.05) is 0 Å². The number of amides is 4. The first kappa shape index (κ1) is 28.4. The van der Waals surface area contributed by atoms with Crippen LogP contribution in [0.4, 0.5) is 0 Å². The van der Waals surface area contributed by atoms with Crippen molar-refractivity contribution >= 4 is 29.6 Å². The average Bonchev–Trinajstić information content (AvgIpc) is 2.76. The summed E-state index contributed by atoms with van der Waals surface area (Å²) in [4.78, 5) is 60.4. The second-order valence-corrected chi connectivity index (χ2v) is 8.34. The monoisotopic (exact) mass is 479 g/mol. The number of carboxylic acid groups (broad SMARTS) is 1. The Morgan fingerprint density at radius 1 is 0.882 bits per heavy atom. The van der Waals surface area contributed by atoms with Crippen LogP contribution in [0.3, 0.4) is 0 Å². The summed E-state index contributed by atoms with van der Waals surface area (Å²) in [6.07, 6.45) is -0.505. The number of aliphatic carboxylic acids is 1. The first-order valence-electron chi connectivity index (χ1n) is 10.8. The fourth-order valence-electron chi connectivity index (χ4n) is 2.87. The molecule has 0 aliphatic rings. The number of carbonyl (C=O) groups is 5. The molecule has 1 aromatic rings. The minimum Gasteiger partial charge on any atom is -0.508 e. The number of aromatic hydroxyl groups is 1. The summed E-state index contributed by atoms with van der Waals surface area (Å²) in [5, 5.41) is 26.1. The highest BCUT2D eigenvalue weighted by Gasteiger charge is 2.29. The van der Waals surface area contributed by atoms with Crippen LogP contribution in [0.1, 0.15) is 39.2 Å². The molecule has 9 N–H and O–H groups in total. The Bertz CT molecular complexity index is 888. The van der Waals surface area contributed by atoms with Crippen molar-refractivity contribution in [2.75, 3.05) is 0 Å². The highest BCUT2D eigenvalue weighted by atomic mass is 16.4. The van der Waals surface area contributed by atoms with Crippen LogP contribution in [0.15, 0.2) is 24.3 Å². The lowest BCUT2D eigenvalue weighted by Gasteiger charge is -2.24. The van der Waals surface area contributed by atoms with Gasteiger partial charge in [0.25, 0.3) is 0 Å². The molecule has 0 aromatic heterocycles. The number of carboxylic acids is 1. The molecule has 4 amide bonds. The number of nitrogens with two attached hydrogens (primary N) is 2. The fourth-order valence-corrected chi connectivity index (χ4v) is 2.87. The van der Waals surface area contributed by atoms with Crippen LogP contribution in [-0.4, -0.2) is 64.0 Å². The number of phenols is 1. The summed E-state index contributed by atoms with van der Waals surface area (Å²) >= 11 is 0. The number of benzene rings is 1. The molecule has 12 heteroatoms. The smallest absolute Gasteiger partial charge is 0.326 e. The third-order valence-electron chi connectivity index (χ3n) is 5.08. The van der Waals surface area contributed by atoms with Gasteiger partial charge in [0.05, 0.1) is 6.04 Å². The lowest BCUT2D eigenvalue weighted by atomic mass is 10.0. The van der Waals surface area contributed by atoms with Gasteiger partial charge in [-0.25, -0.2) is 4.79 Å². The van der Waals surface area contributed by atoms with Gasteiger partial charge in [-0.1, -0.05) is 26.0 Å². The molecule has 0 aliphatic heterocycles. The number of carbonyl (C=O) groups excluding carboxylic acids is 4. The quantitative estimate of drug-likeness (QED) is 0.181. The Balaban J connectivity index is 2.90. The Morgan fingerprint density at radius 2 is 1.44 bits per heavy atom. The summed E-state index contributed by atoms with van der Waals surface area (Å²) in [7, 11) is 0. The molecule has 4 unspecified atom stereocenters. The summed E-state index contributed by atoms with van der Waals surface area (Å²) in [5.41, 5.74) is 11.5. The van der Waals surface area contributed by atoms with E-state index in [1.54, 1.807) is 13.8 Å². The Hall–Kier alpha value is -3.67. The van der Waals surface area contributed by atoms with Crippen LogP contribution in [-0.2, 0) is 30.4 Å². The first-order valence-corrected chi connectivity index (χ1v) is 10.8. The number of hydrogen-bond acceptors (Lipinski definition) is 7. The molecule has 0 heterocycles. The molecule has 188 valence electrons. The van der Waals surface area contributed by atoms with Gasteiger partial charge in [0.1, 0.15) is 23.9 Å². The van der Waals surface area contributed by atoms with Crippen molar-refractivity contribution in [3.05, 3.63) is 29.8 Å². The predicted octanol–water partition coefficient (Wildman–Crippen LogP) is -1.26. The zero-order valence-corrected chi connectivity index (χ0v) is 19.4. The number of primary amides is 1. The summed E-state index contributed by atoms with van der Waals surface area (Å²) in [6, 6.07) is 1.28. The molecule has 0 aliphatic carbocycles. The summed E-state index contributed by atoms with van der Waals surface area (Å²) < 4.78 is 0. The Labute approximate surface area is 197 Å². The van der Waals surface area contributed by atoms with Gasteiger partial charge in [0, 0.05) is 12.8 Å². The largest absolute Gasteiger partial charge is 0.508 e. The molecule has 0 saturated carbocycles. The average molecular weight is 480 g/mol. The number of nitrogens with one attached hydrogen (secondary N) is 3.